The Kier molecular flexibility index (Phi) is 4.77. The molecule has 0 aliphatic heterocycles. The molecule has 1 unspecified atom stereocenters. The van der Waals surface area contributed by atoms with Crippen LogP contribution in [0.15, 0.2) is 33.9 Å². The van der Waals surface area contributed by atoms with Crippen LogP contribution >= 0.6 is 22.9 Å². The molecule has 1 atom stereocenters. The first-order chi connectivity index (χ1) is 9.13. The molecule has 1 aromatic heterocycles. The first-order valence-electron chi connectivity index (χ1n) is 6.32. The SMILES string of the molecule is CC(CCCl)CCn1c(=O)sc2ccccc2c1=O. The van der Waals surface area contributed by atoms with Crippen molar-refractivity contribution in [3.8, 4) is 0 Å². The Hall–Kier alpha value is -1.13. The summed E-state index contributed by atoms with van der Waals surface area (Å²) in [5.41, 5.74) is -0.183. The predicted octanol–water partition coefficient (Wildman–Crippen LogP) is 3.08. The van der Waals surface area contributed by atoms with E-state index in [1.165, 1.54) is 4.57 Å². The van der Waals surface area contributed by atoms with E-state index in [1.807, 2.05) is 18.2 Å². The van der Waals surface area contributed by atoms with Crippen LogP contribution in [0.3, 0.4) is 0 Å². The van der Waals surface area contributed by atoms with Gasteiger partial charge in [0.05, 0.1) is 5.39 Å². The highest BCUT2D eigenvalue weighted by Crippen LogP contribution is 2.12. The van der Waals surface area contributed by atoms with Crippen molar-refractivity contribution in [2.45, 2.75) is 26.3 Å². The second-order valence-electron chi connectivity index (χ2n) is 4.69. The van der Waals surface area contributed by atoms with E-state index < -0.39 is 0 Å². The molecule has 102 valence electrons. The lowest BCUT2D eigenvalue weighted by Gasteiger charge is -2.10. The molecule has 0 radical (unpaired) electrons. The maximum absolute atomic E-state index is 12.3. The number of alkyl halides is 1. The Morgan fingerprint density at radius 2 is 2.00 bits per heavy atom. The van der Waals surface area contributed by atoms with Crippen molar-refractivity contribution in [3.05, 3.63) is 44.3 Å². The number of aromatic nitrogens is 1. The molecule has 2 aromatic rings. The Balaban J connectivity index is 2.33. The average molecular weight is 298 g/mol. The number of benzene rings is 1. The molecule has 5 heteroatoms. The summed E-state index contributed by atoms with van der Waals surface area (Å²) in [6.45, 7) is 2.55. The van der Waals surface area contributed by atoms with E-state index in [2.05, 4.69) is 6.92 Å². The molecule has 0 amide bonds. The molecule has 1 heterocycles. The topological polar surface area (TPSA) is 39.1 Å². The van der Waals surface area contributed by atoms with Gasteiger partial charge in [0.25, 0.3) is 5.56 Å². The fourth-order valence-corrected chi connectivity index (χ4v) is 3.24. The third kappa shape index (κ3) is 3.25. The first-order valence-corrected chi connectivity index (χ1v) is 7.67. The van der Waals surface area contributed by atoms with Gasteiger partial charge in [0.15, 0.2) is 0 Å². The van der Waals surface area contributed by atoms with Gasteiger partial charge in [0, 0.05) is 17.1 Å². The van der Waals surface area contributed by atoms with Gasteiger partial charge >= 0.3 is 4.87 Å². The van der Waals surface area contributed by atoms with E-state index in [0.717, 1.165) is 28.9 Å². The Morgan fingerprint density at radius 1 is 1.26 bits per heavy atom. The van der Waals surface area contributed by atoms with Crippen LogP contribution in [-0.4, -0.2) is 10.4 Å². The number of hydrogen-bond donors (Lipinski definition) is 0. The predicted molar refractivity (Wildman–Crippen MR) is 81.5 cm³/mol. The molecule has 3 nitrogen and oxygen atoms in total. The second kappa shape index (κ2) is 6.35. The Labute approximate surface area is 120 Å². The van der Waals surface area contributed by atoms with E-state index in [-0.39, 0.29) is 10.4 Å². The van der Waals surface area contributed by atoms with E-state index in [0.29, 0.717) is 23.7 Å². The van der Waals surface area contributed by atoms with Gasteiger partial charge in [-0.1, -0.05) is 30.4 Å². The minimum atomic E-state index is -0.183. The largest absolute Gasteiger partial charge is 0.310 e. The molecule has 0 saturated heterocycles. The molecular formula is C14H16ClNO2S. The van der Waals surface area contributed by atoms with Crippen LogP contribution in [0.2, 0.25) is 0 Å². The number of fused-ring (bicyclic) bond motifs is 1. The minimum Gasteiger partial charge on any atom is -0.269 e. The van der Waals surface area contributed by atoms with Gasteiger partial charge in [0.2, 0.25) is 0 Å². The van der Waals surface area contributed by atoms with E-state index in [4.69, 9.17) is 11.6 Å². The van der Waals surface area contributed by atoms with Crippen molar-refractivity contribution in [1.29, 1.82) is 0 Å². The first kappa shape index (κ1) is 14.3. The van der Waals surface area contributed by atoms with Crippen molar-refractivity contribution >= 4 is 33.0 Å². The molecule has 0 bridgehead atoms. The van der Waals surface area contributed by atoms with Gasteiger partial charge in [0.1, 0.15) is 0 Å². The summed E-state index contributed by atoms with van der Waals surface area (Å²) in [5, 5.41) is 0.622. The third-order valence-corrected chi connectivity index (χ3v) is 4.42. The molecule has 0 aliphatic carbocycles. The molecule has 0 saturated carbocycles. The van der Waals surface area contributed by atoms with Gasteiger partial charge in [-0.3, -0.25) is 14.2 Å². The van der Waals surface area contributed by atoms with E-state index in [1.54, 1.807) is 6.07 Å². The lowest BCUT2D eigenvalue weighted by molar-refractivity contribution is 0.463. The quantitative estimate of drug-likeness (QED) is 0.796. The Bertz CT molecular complexity index is 677. The summed E-state index contributed by atoms with van der Waals surface area (Å²) in [4.78, 5) is 24.1. The van der Waals surface area contributed by atoms with Crippen LogP contribution in [0.5, 0.6) is 0 Å². The van der Waals surface area contributed by atoms with Crippen molar-refractivity contribution in [3.63, 3.8) is 0 Å². The molecule has 1 aromatic carbocycles. The van der Waals surface area contributed by atoms with Crippen LogP contribution in [0, 0.1) is 5.92 Å². The average Bonchev–Trinajstić information content (AvgIpc) is 2.39. The van der Waals surface area contributed by atoms with Crippen LogP contribution in [-0.2, 0) is 6.54 Å². The molecule has 0 spiro atoms. The highest BCUT2D eigenvalue weighted by atomic mass is 35.5. The van der Waals surface area contributed by atoms with Gasteiger partial charge < -0.3 is 0 Å². The van der Waals surface area contributed by atoms with Crippen LogP contribution in [0.1, 0.15) is 19.8 Å². The zero-order valence-electron chi connectivity index (χ0n) is 10.8. The molecule has 2 rings (SSSR count). The fourth-order valence-electron chi connectivity index (χ4n) is 1.98. The van der Waals surface area contributed by atoms with Crippen LogP contribution in [0.25, 0.3) is 10.1 Å². The van der Waals surface area contributed by atoms with Gasteiger partial charge in [-0.15, -0.1) is 11.6 Å². The highest BCUT2D eigenvalue weighted by molar-refractivity contribution is 7.16. The van der Waals surface area contributed by atoms with Crippen LogP contribution in [0.4, 0.5) is 0 Å². The molecule has 19 heavy (non-hydrogen) atoms. The zero-order chi connectivity index (χ0) is 13.8. The summed E-state index contributed by atoms with van der Waals surface area (Å²) in [5.74, 6) is 1.03. The normalized spacial score (nSPS) is 12.7. The lowest BCUT2D eigenvalue weighted by Crippen LogP contribution is -2.31. The van der Waals surface area contributed by atoms with Crippen molar-refractivity contribution in [1.82, 2.24) is 4.57 Å². The molecular weight excluding hydrogens is 282 g/mol. The lowest BCUT2D eigenvalue weighted by atomic mass is 10.1. The summed E-state index contributed by atoms with van der Waals surface area (Å²) in [7, 11) is 0. The summed E-state index contributed by atoms with van der Waals surface area (Å²) >= 11 is 6.82. The van der Waals surface area contributed by atoms with Gasteiger partial charge in [-0.25, -0.2) is 0 Å². The number of halogens is 1. The van der Waals surface area contributed by atoms with Crippen molar-refractivity contribution in [2.24, 2.45) is 5.92 Å². The standard InChI is InChI=1S/C14H16ClNO2S/c1-10(6-8-15)7-9-16-13(17)11-4-2-3-5-12(11)19-14(16)18/h2-5,10H,6-9H2,1H3. The summed E-state index contributed by atoms with van der Waals surface area (Å²) < 4.78 is 2.10. The molecule has 0 N–H and O–H groups in total. The number of hydrogen-bond acceptors (Lipinski definition) is 3. The van der Waals surface area contributed by atoms with E-state index in [9.17, 15) is 9.59 Å². The second-order valence-corrected chi connectivity index (χ2v) is 6.06. The minimum absolute atomic E-state index is 0.179. The van der Waals surface area contributed by atoms with Gasteiger partial charge in [-0.2, -0.15) is 0 Å². The molecule has 0 aliphatic rings. The maximum atomic E-state index is 12.3. The van der Waals surface area contributed by atoms with Crippen molar-refractivity contribution < 1.29 is 0 Å². The summed E-state index contributed by atoms with van der Waals surface area (Å²) in [6, 6.07) is 7.24. The zero-order valence-corrected chi connectivity index (χ0v) is 12.3. The smallest absolute Gasteiger partial charge is 0.269 e. The van der Waals surface area contributed by atoms with Crippen molar-refractivity contribution in [2.75, 3.05) is 5.88 Å². The van der Waals surface area contributed by atoms with Crippen LogP contribution < -0.4 is 10.4 Å². The molecule has 0 fully saturated rings. The van der Waals surface area contributed by atoms with Gasteiger partial charge in [-0.05, 0) is 30.9 Å². The summed E-state index contributed by atoms with van der Waals surface area (Å²) in [6.07, 6.45) is 1.70. The van der Waals surface area contributed by atoms with E-state index >= 15 is 0 Å². The monoisotopic (exact) mass is 297 g/mol. The Morgan fingerprint density at radius 3 is 2.74 bits per heavy atom. The third-order valence-electron chi connectivity index (χ3n) is 3.23. The fraction of sp³-hybridized carbons (Fsp3) is 0.429. The number of nitrogens with zero attached hydrogens (tertiary/aromatic N) is 1. The maximum Gasteiger partial charge on any atom is 0.310 e. The highest BCUT2D eigenvalue weighted by Gasteiger charge is 2.09. The number of rotatable bonds is 5.